The highest BCUT2D eigenvalue weighted by Gasteiger charge is 2.15. The van der Waals surface area contributed by atoms with Crippen LogP contribution >= 0.6 is 0 Å². The maximum Gasteiger partial charge on any atom is 0.463 e. The lowest BCUT2D eigenvalue weighted by Crippen LogP contribution is -2.30. The predicted molar refractivity (Wildman–Crippen MR) is 42.5 cm³/mol. The van der Waals surface area contributed by atoms with Crippen molar-refractivity contribution >= 4 is 5.97 Å². The van der Waals surface area contributed by atoms with Crippen molar-refractivity contribution in [3.63, 3.8) is 0 Å². The van der Waals surface area contributed by atoms with Crippen LogP contribution in [-0.4, -0.2) is 10.5 Å². The third kappa shape index (κ3) is 1.64. The van der Waals surface area contributed by atoms with Gasteiger partial charge in [-0.25, -0.2) is 0 Å². The van der Waals surface area contributed by atoms with Gasteiger partial charge < -0.3 is 4.74 Å². The van der Waals surface area contributed by atoms with Crippen molar-refractivity contribution in [3.05, 3.63) is 12.4 Å². The van der Waals surface area contributed by atoms with Crippen molar-refractivity contribution in [3.8, 4) is 6.01 Å². The number of carbonyl (C=O) groups excluding carboxylic acids is 1. The van der Waals surface area contributed by atoms with Gasteiger partial charge in [0.2, 0.25) is 0 Å². The van der Waals surface area contributed by atoms with E-state index in [0.717, 1.165) is 0 Å². The van der Waals surface area contributed by atoms with Gasteiger partial charge in [0, 0.05) is 6.42 Å². The van der Waals surface area contributed by atoms with Crippen LogP contribution in [0.5, 0.6) is 6.01 Å². The Hall–Kier alpha value is -1.32. The first-order chi connectivity index (χ1) is 5.65. The number of carbonyl (C=O) groups is 1. The van der Waals surface area contributed by atoms with E-state index in [1.54, 1.807) is 16.1 Å². The van der Waals surface area contributed by atoms with Gasteiger partial charge in [0.15, 0.2) is 0 Å². The number of nitrogens with zero attached hydrogens (tertiary/aromatic N) is 2. The summed E-state index contributed by atoms with van der Waals surface area (Å²) in [4.78, 5) is 10.9. The van der Waals surface area contributed by atoms with E-state index in [4.69, 9.17) is 4.74 Å². The SMILES string of the molecule is CCC(=O)Oc1n(C)cc[n+]1C. The van der Waals surface area contributed by atoms with Gasteiger partial charge in [0.25, 0.3) is 0 Å². The topological polar surface area (TPSA) is 35.1 Å². The summed E-state index contributed by atoms with van der Waals surface area (Å²) >= 11 is 0. The molecule has 4 nitrogen and oxygen atoms in total. The quantitative estimate of drug-likeness (QED) is 0.467. The summed E-state index contributed by atoms with van der Waals surface area (Å²) in [6.45, 7) is 1.77. The highest BCUT2D eigenvalue weighted by atomic mass is 16.6. The monoisotopic (exact) mass is 169 g/mol. The van der Waals surface area contributed by atoms with Gasteiger partial charge in [-0.2, -0.15) is 9.13 Å². The second-order valence-corrected chi connectivity index (χ2v) is 2.63. The first-order valence-electron chi connectivity index (χ1n) is 3.86. The zero-order valence-electron chi connectivity index (χ0n) is 7.57. The Bertz CT molecular complexity index is 272. The van der Waals surface area contributed by atoms with Gasteiger partial charge in [-0.1, -0.05) is 6.92 Å². The highest BCUT2D eigenvalue weighted by molar-refractivity contribution is 5.70. The van der Waals surface area contributed by atoms with Crippen LogP contribution in [0, 0.1) is 0 Å². The number of ether oxygens (including phenoxy) is 1. The molecule has 4 heteroatoms. The van der Waals surface area contributed by atoms with Crippen molar-refractivity contribution in [2.24, 2.45) is 14.1 Å². The lowest BCUT2D eigenvalue weighted by molar-refractivity contribution is -0.675. The summed E-state index contributed by atoms with van der Waals surface area (Å²) in [6.07, 6.45) is 4.06. The van der Waals surface area contributed by atoms with Crippen molar-refractivity contribution < 1.29 is 14.1 Å². The Kier molecular flexibility index (Phi) is 2.47. The standard InChI is InChI=1S/C8H13N2O2/c1-4-7(11)12-8-9(2)5-6-10(8)3/h5-6H,4H2,1-3H3/q+1. The van der Waals surface area contributed by atoms with Gasteiger partial charge >= 0.3 is 12.0 Å². The average molecular weight is 169 g/mol. The van der Waals surface area contributed by atoms with E-state index < -0.39 is 0 Å². The number of rotatable bonds is 2. The van der Waals surface area contributed by atoms with Crippen molar-refractivity contribution in [1.29, 1.82) is 0 Å². The number of esters is 1. The summed E-state index contributed by atoms with van der Waals surface area (Å²) in [5, 5.41) is 0. The summed E-state index contributed by atoms with van der Waals surface area (Å²) in [5.41, 5.74) is 0. The number of aryl methyl sites for hydroxylation is 2. The molecule has 66 valence electrons. The summed E-state index contributed by atoms with van der Waals surface area (Å²) in [7, 11) is 3.66. The minimum Gasteiger partial charge on any atom is -0.357 e. The maximum atomic E-state index is 10.9. The normalized spacial score (nSPS) is 9.92. The van der Waals surface area contributed by atoms with E-state index in [1.165, 1.54) is 0 Å². The van der Waals surface area contributed by atoms with Gasteiger partial charge in [-0.15, -0.1) is 0 Å². The van der Waals surface area contributed by atoms with E-state index in [2.05, 4.69) is 0 Å². The smallest absolute Gasteiger partial charge is 0.357 e. The maximum absolute atomic E-state index is 10.9. The van der Waals surface area contributed by atoms with Gasteiger partial charge in [-0.05, 0) is 0 Å². The molecule has 0 aromatic carbocycles. The van der Waals surface area contributed by atoms with Crippen LogP contribution in [0.2, 0.25) is 0 Å². The predicted octanol–water partition coefficient (Wildman–Crippen LogP) is 0.165. The van der Waals surface area contributed by atoms with Crippen molar-refractivity contribution in [1.82, 2.24) is 4.57 Å². The van der Waals surface area contributed by atoms with Crippen molar-refractivity contribution in [2.45, 2.75) is 13.3 Å². The summed E-state index contributed by atoms with van der Waals surface area (Å²) < 4.78 is 8.57. The molecule has 12 heavy (non-hydrogen) atoms. The van der Waals surface area contributed by atoms with E-state index in [1.807, 2.05) is 26.5 Å². The number of hydrogen-bond acceptors (Lipinski definition) is 2. The molecule has 1 heterocycles. The molecule has 1 rings (SSSR count). The molecule has 0 spiro atoms. The summed E-state index contributed by atoms with van der Waals surface area (Å²) in [6, 6.07) is 0.557. The Morgan fingerprint density at radius 3 is 2.83 bits per heavy atom. The number of hydrogen-bond donors (Lipinski definition) is 0. The molecule has 0 unspecified atom stereocenters. The third-order valence-corrected chi connectivity index (χ3v) is 1.61. The van der Waals surface area contributed by atoms with E-state index in [0.29, 0.717) is 12.4 Å². The molecule has 0 radical (unpaired) electrons. The Morgan fingerprint density at radius 2 is 2.42 bits per heavy atom. The van der Waals surface area contributed by atoms with Gasteiger partial charge in [0.05, 0.1) is 14.1 Å². The first kappa shape index (κ1) is 8.77. The molecule has 0 amide bonds. The summed E-state index contributed by atoms with van der Waals surface area (Å²) in [5.74, 6) is -0.215. The molecule has 1 aromatic heterocycles. The fraction of sp³-hybridized carbons (Fsp3) is 0.500. The first-order valence-corrected chi connectivity index (χ1v) is 3.86. The molecule has 0 N–H and O–H groups in total. The molecule has 0 atom stereocenters. The molecule has 0 aliphatic heterocycles. The van der Waals surface area contributed by atoms with Gasteiger partial charge in [0.1, 0.15) is 12.4 Å². The lowest BCUT2D eigenvalue weighted by atomic mass is 10.5. The zero-order valence-corrected chi connectivity index (χ0v) is 7.57. The van der Waals surface area contributed by atoms with Crippen LogP contribution < -0.4 is 9.30 Å². The van der Waals surface area contributed by atoms with E-state index in [9.17, 15) is 4.79 Å². The van der Waals surface area contributed by atoms with E-state index >= 15 is 0 Å². The second-order valence-electron chi connectivity index (χ2n) is 2.63. The zero-order chi connectivity index (χ0) is 9.14. The highest BCUT2D eigenvalue weighted by Crippen LogP contribution is 2.02. The van der Waals surface area contributed by atoms with Crippen molar-refractivity contribution in [2.75, 3.05) is 0 Å². The Morgan fingerprint density at radius 1 is 1.75 bits per heavy atom. The minimum absolute atomic E-state index is 0.215. The molecular formula is C8H13N2O2+. The second kappa shape index (κ2) is 3.38. The molecule has 0 aliphatic rings. The molecule has 0 fully saturated rings. The lowest BCUT2D eigenvalue weighted by Gasteiger charge is -1.97. The molecule has 0 bridgehead atoms. The van der Waals surface area contributed by atoms with Crippen LogP contribution in [0.15, 0.2) is 12.4 Å². The molecular weight excluding hydrogens is 156 g/mol. The van der Waals surface area contributed by atoms with Crippen LogP contribution in [-0.2, 0) is 18.9 Å². The molecule has 0 saturated heterocycles. The largest absolute Gasteiger partial charge is 0.463 e. The molecule has 0 aliphatic carbocycles. The number of aromatic nitrogens is 2. The third-order valence-electron chi connectivity index (χ3n) is 1.61. The molecule has 1 aromatic rings. The van der Waals surface area contributed by atoms with E-state index in [-0.39, 0.29) is 5.97 Å². The Labute approximate surface area is 71.4 Å². The van der Waals surface area contributed by atoms with Crippen LogP contribution in [0.4, 0.5) is 0 Å². The minimum atomic E-state index is -0.215. The average Bonchev–Trinajstić information content (AvgIpc) is 2.35. The Balaban J connectivity index is 2.80. The fourth-order valence-electron chi connectivity index (χ4n) is 0.894. The van der Waals surface area contributed by atoms with Crippen LogP contribution in [0.1, 0.15) is 13.3 Å². The van der Waals surface area contributed by atoms with Crippen LogP contribution in [0.3, 0.4) is 0 Å². The molecule has 0 saturated carbocycles. The fourth-order valence-corrected chi connectivity index (χ4v) is 0.894. The van der Waals surface area contributed by atoms with Crippen LogP contribution in [0.25, 0.3) is 0 Å². The number of imidazole rings is 1. The van der Waals surface area contributed by atoms with Gasteiger partial charge in [-0.3, -0.25) is 4.79 Å².